The molecular formula is C25H38NaO3PS. The van der Waals surface area contributed by atoms with Crippen LogP contribution in [-0.2, 0) is 10.1 Å². The Kier molecular flexibility index (Phi) is 16.8. The number of hydrogen-bond donors (Lipinski definition) is 0. The Bertz CT molecular complexity index is 867. The van der Waals surface area contributed by atoms with Crippen molar-refractivity contribution in [1.29, 1.82) is 1.28 Å². The third-order valence-corrected chi connectivity index (χ3v) is 5.66. The quantitative estimate of drug-likeness (QED) is 0.275. The minimum absolute atomic E-state index is 0. The Morgan fingerprint density at radius 2 is 1.23 bits per heavy atom. The molecule has 3 atom stereocenters. The van der Waals surface area contributed by atoms with Gasteiger partial charge in [-0.2, -0.15) is 0 Å². The SMILES string of the molecule is CC1C=CC(C)CC1.Cc1ccc(C)c(S(=O)(=O)[O-])c1.Cc1ccc(C)cc1.[2H]PC.[Na+]. The van der Waals surface area contributed by atoms with Crippen molar-refractivity contribution in [3.8, 4) is 0 Å². The van der Waals surface area contributed by atoms with Gasteiger partial charge < -0.3 is 4.55 Å². The minimum Gasteiger partial charge on any atom is -0.744 e. The zero-order valence-electron chi connectivity index (χ0n) is 21.4. The summed E-state index contributed by atoms with van der Waals surface area (Å²) in [5.74, 6) is 1.68. The zero-order chi connectivity index (χ0) is 24.0. The van der Waals surface area contributed by atoms with Crippen LogP contribution in [-0.4, -0.2) is 20.9 Å². The van der Waals surface area contributed by atoms with Crippen LogP contribution in [0, 0.1) is 39.5 Å². The van der Waals surface area contributed by atoms with Gasteiger partial charge in [0, 0.05) is 0 Å². The normalized spacial score (nSPS) is 17.6. The van der Waals surface area contributed by atoms with Crippen molar-refractivity contribution in [2.75, 3.05) is 6.66 Å². The third-order valence-electron chi connectivity index (χ3n) is 4.68. The van der Waals surface area contributed by atoms with Crippen LogP contribution in [0.2, 0.25) is 0 Å². The Morgan fingerprint density at radius 1 is 0.871 bits per heavy atom. The Balaban J connectivity index is 0. The van der Waals surface area contributed by atoms with Crippen molar-refractivity contribution in [3.05, 3.63) is 76.9 Å². The van der Waals surface area contributed by atoms with E-state index in [0.29, 0.717) is 14.7 Å². The van der Waals surface area contributed by atoms with Crippen LogP contribution < -0.4 is 29.6 Å². The van der Waals surface area contributed by atoms with Gasteiger partial charge in [-0.3, -0.25) is 0 Å². The molecule has 3 unspecified atom stereocenters. The molecule has 0 heterocycles. The first-order chi connectivity index (χ1) is 14.4. The maximum Gasteiger partial charge on any atom is 1.00 e. The molecule has 1 aliphatic rings. The number of rotatable bonds is 1. The predicted octanol–water partition coefficient (Wildman–Crippen LogP) is 3.61. The summed E-state index contributed by atoms with van der Waals surface area (Å²) >= 11 is 0. The van der Waals surface area contributed by atoms with Gasteiger partial charge >= 0.3 is 29.6 Å². The standard InChI is InChI=1S/C8H10O3S.C8H14.C8H10.CH5P.Na/c1-6-3-4-7(2)8(5-6)12(9,10)11;2*1-7-3-5-8(2)6-4-7;1-2;/h3-5H,1-2H3,(H,9,10,11);3,5,7-8H,4,6H2,1-2H3;3-6H,1-2H3;2H2,1H3;/q;;;;+1/p-1/i;;;2D;. The van der Waals surface area contributed by atoms with E-state index in [-0.39, 0.29) is 34.5 Å². The van der Waals surface area contributed by atoms with Crippen LogP contribution in [0.4, 0.5) is 0 Å². The van der Waals surface area contributed by atoms with Crippen molar-refractivity contribution in [2.24, 2.45) is 11.8 Å². The molecular weight excluding hydrogens is 434 g/mol. The fourth-order valence-corrected chi connectivity index (χ4v) is 3.50. The van der Waals surface area contributed by atoms with E-state index in [1.807, 2.05) is 6.66 Å². The molecule has 2 aromatic carbocycles. The second-order valence-corrected chi connectivity index (χ2v) is 9.14. The average molecular weight is 474 g/mol. The summed E-state index contributed by atoms with van der Waals surface area (Å²) < 4.78 is 38.2. The van der Waals surface area contributed by atoms with E-state index in [2.05, 4.69) is 64.1 Å². The first kappa shape index (κ1) is 30.5. The van der Waals surface area contributed by atoms with Crippen molar-refractivity contribution < 1.29 is 42.5 Å². The second-order valence-electron chi connectivity index (χ2n) is 7.79. The number of aryl methyl sites for hydroxylation is 4. The van der Waals surface area contributed by atoms with Gasteiger partial charge in [0.05, 0.1) is 6.17 Å². The topological polar surface area (TPSA) is 57.2 Å². The van der Waals surface area contributed by atoms with Gasteiger partial charge in [0.1, 0.15) is 10.1 Å². The number of allylic oxidation sites excluding steroid dienone is 2. The van der Waals surface area contributed by atoms with Crippen molar-refractivity contribution in [3.63, 3.8) is 0 Å². The zero-order valence-corrected chi connectivity index (χ0v) is 24.2. The van der Waals surface area contributed by atoms with Crippen LogP contribution in [0.1, 0.15) is 48.9 Å². The summed E-state index contributed by atoms with van der Waals surface area (Å²) in [6.45, 7) is 13.9. The molecule has 168 valence electrons. The van der Waals surface area contributed by atoms with Gasteiger partial charge in [-0.25, -0.2) is 8.42 Å². The minimum atomic E-state index is -4.31. The average Bonchev–Trinajstić information content (AvgIpc) is 2.69. The Labute approximate surface area is 216 Å². The molecule has 0 aliphatic heterocycles. The molecule has 2 aromatic rings. The van der Waals surface area contributed by atoms with Crippen LogP contribution in [0.15, 0.2) is 59.5 Å². The van der Waals surface area contributed by atoms with Crippen LogP contribution >= 0.6 is 9.18 Å². The summed E-state index contributed by atoms with van der Waals surface area (Å²) in [4.78, 5) is -0.123. The van der Waals surface area contributed by atoms with E-state index in [1.54, 1.807) is 26.0 Å². The Morgan fingerprint density at radius 3 is 1.52 bits per heavy atom. The third kappa shape index (κ3) is 15.1. The fourth-order valence-electron chi connectivity index (χ4n) is 2.71. The van der Waals surface area contributed by atoms with Crippen molar-refractivity contribution in [1.82, 2.24) is 0 Å². The molecule has 0 amide bonds. The largest absolute Gasteiger partial charge is 1.00 e. The first-order valence-corrected chi connectivity index (χ1v) is 12.6. The molecule has 0 bridgehead atoms. The molecule has 3 nitrogen and oxygen atoms in total. The molecule has 6 heteroatoms. The molecule has 0 spiro atoms. The first-order valence-electron chi connectivity index (χ1n) is 10.7. The molecule has 1 aliphatic carbocycles. The predicted molar refractivity (Wildman–Crippen MR) is 132 cm³/mol. The molecule has 0 aromatic heterocycles. The van der Waals surface area contributed by atoms with Gasteiger partial charge in [-0.1, -0.05) is 80.2 Å². The van der Waals surface area contributed by atoms with Gasteiger partial charge in [0.15, 0.2) is 0 Å². The summed E-state index contributed by atoms with van der Waals surface area (Å²) in [6.07, 6.45) is 7.43. The van der Waals surface area contributed by atoms with Crippen LogP contribution in [0.3, 0.4) is 0 Å². The Hall–Kier alpha value is -0.480. The number of hydrogen-bond acceptors (Lipinski definition) is 3. The monoisotopic (exact) mass is 473 g/mol. The molecule has 0 fully saturated rings. The molecule has 3 rings (SSSR count). The van der Waals surface area contributed by atoms with E-state index in [1.165, 1.54) is 30.0 Å². The molecule has 0 saturated heterocycles. The second kappa shape index (κ2) is 17.1. The maximum absolute atomic E-state index is 10.7. The van der Waals surface area contributed by atoms with E-state index in [9.17, 15) is 13.0 Å². The van der Waals surface area contributed by atoms with Crippen molar-refractivity contribution in [2.45, 2.75) is 59.3 Å². The van der Waals surface area contributed by atoms with E-state index in [0.717, 1.165) is 17.4 Å². The number of benzene rings is 2. The summed E-state index contributed by atoms with van der Waals surface area (Å²) in [5.41, 5.74) is 3.93. The van der Waals surface area contributed by atoms with Gasteiger partial charge in [-0.05, 0) is 69.6 Å². The maximum atomic E-state index is 10.7. The molecule has 0 saturated carbocycles. The summed E-state index contributed by atoms with van der Waals surface area (Å²) in [7, 11) is -3.97. The molecule has 0 N–H and O–H groups in total. The van der Waals surface area contributed by atoms with Crippen molar-refractivity contribution >= 4 is 19.3 Å². The smallest absolute Gasteiger partial charge is 0.744 e. The molecule has 31 heavy (non-hydrogen) atoms. The van der Waals surface area contributed by atoms with Gasteiger partial charge in [0.25, 0.3) is 0 Å². The molecule has 0 radical (unpaired) electrons. The van der Waals surface area contributed by atoms with Gasteiger partial charge in [-0.15, -0.1) is 9.18 Å². The van der Waals surface area contributed by atoms with Crippen LogP contribution in [0.25, 0.3) is 0 Å². The summed E-state index contributed by atoms with van der Waals surface area (Å²) in [5, 5.41) is 0. The fraction of sp³-hybridized carbons (Fsp3) is 0.440. The van der Waals surface area contributed by atoms with E-state index in [4.69, 9.17) is 1.28 Å². The summed E-state index contributed by atoms with van der Waals surface area (Å²) in [6, 6.07) is 13.3. The van der Waals surface area contributed by atoms with E-state index >= 15 is 0 Å². The van der Waals surface area contributed by atoms with Crippen LogP contribution in [0.5, 0.6) is 0 Å². The van der Waals surface area contributed by atoms with Gasteiger partial charge in [0.2, 0.25) is 0 Å². The van der Waals surface area contributed by atoms with E-state index < -0.39 is 10.1 Å².